The van der Waals surface area contributed by atoms with Gasteiger partial charge in [0.15, 0.2) is 0 Å². The van der Waals surface area contributed by atoms with Crippen LogP contribution in [0.2, 0.25) is 0 Å². The molecule has 12 heavy (non-hydrogen) atoms. The first kappa shape index (κ1) is 14.6. The molecule has 0 bridgehead atoms. The number of nitrogens with one attached hydrogen (secondary N) is 1. The first-order chi connectivity index (χ1) is 5.31. The Labute approximate surface area is 87.3 Å². The summed E-state index contributed by atoms with van der Waals surface area (Å²) in [5.41, 5.74) is 1.56. The van der Waals surface area contributed by atoms with E-state index in [-0.39, 0.29) is 27.0 Å². The van der Waals surface area contributed by atoms with Crippen LogP contribution in [0.25, 0.3) is 5.32 Å². The monoisotopic (exact) mass is 342 g/mol. The molecular formula is C7H14N2O2W. The largest absolute Gasteiger partial charge is 2.00 e. The van der Waals surface area contributed by atoms with Crippen LogP contribution in [-0.4, -0.2) is 24.2 Å². The summed E-state index contributed by atoms with van der Waals surface area (Å²) in [7, 11) is 0. The van der Waals surface area contributed by atoms with E-state index in [0.717, 1.165) is 13.0 Å². The number of hydrogen-bond acceptors (Lipinski definition) is 2. The fourth-order valence-electron chi connectivity index (χ4n) is 0.631. The SMILES string of the molecule is [CH2-]CC[N-]CCCC(=O)NO.[W+2]. The molecule has 0 aliphatic rings. The standard InChI is InChI=1S/C7H14N2O2.W/c1-2-5-8-6-3-4-7(10)9-11;/h11H,1-6H2,(H,9,10);/q-2;+2. The summed E-state index contributed by atoms with van der Waals surface area (Å²) in [6.07, 6.45) is 1.82. The van der Waals surface area contributed by atoms with Crippen LogP contribution in [0.4, 0.5) is 0 Å². The molecule has 0 atom stereocenters. The van der Waals surface area contributed by atoms with Crippen LogP contribution < -0.4 is 5.48 Å². The molecule has 0 spiro atoms. The molecule has 2 N–H and O–H groups in total. The maximum Gasteiger partial charge on any atom is 2.00 e. The molecule has 1 amide bonds. The van der Waals surface area contributed by atoms with E-state index in [9.17, 15) is 4.79 Å². The minimum Gasteiger partial charge on any atom is -0.664 e. The third-order valence-corrected chi connectivity index (χ3v) is 1.16. The quantitative estimate of drug-likeness (QED) is 0.326. The molecule has 5 heteroatoms. The van der Waals surface area contributed by atoms with Gasteiger partial charge in [0.1, 0.15) is 0 Å². The van der Waals surface area contributed by atoms with E-state index in [1.807, 2.05) is 0 Å². The number of hydroxylamine groups is 1. The third-order valence-electron chi connectivity index (χ3n) is 1.16. The first-order valence-electron chi connectivity index (χ1n) is 3.66. The van der Waals surface area contributed by atoms with E-state index in [1.165, 1.54) is 0 Å². The Bertz CT molecular complexity index is 112. The molecule has 0 unspecified atom stereocenters. The second-order valence-electron chi connectivity index (χ2n) is 2.16. The molecule has 0 aromatic heterocycles. The van der Waals surface area contributed by atoms with E-state index < -0.39 is 0 Å². The van der Waals surface area contributed by atoms with Gasteiger partial charge in [-0.2, -0.15) is 6.54 Å². The van der Waals surface area contributed by atoms with E-state index in [1.54, 1.807) is 5.48 Å². The van der Waals surface area contributed by atoms with Gasteiger partial charge >= 0.3 is 21.1 Å². The Balaban J connectivity index is 0. The predicted molar refractivity (Wildman–Crippen MR) is 42.2 cm³/mol. The molecule has 0 aromatic rings. The Morgan fingerprint density at radius 3 is 2.67 bits per heavy atom. The predicted octanol–water partition coefficient (Wildman–Crippen LogP) is 0.867. The van der Waals surface area contributed by atoms with Gasteiger partial charge in [-0.05, 0) is 0 Å². The molecule has 0 radical (unpaired) electrons. The third kappa shape index (κ3) is 10.1. The maximum absolute atomic E-state index is 10.4. The molecule has 0 rings (SSSR count). The zero-order valence-electron chi connectivity index (χ0n) is 6.95. The fraction of sp³-hybridized carbons (Fsp3) is 0.714. The van der Waals surface area contributed by atoms with Gasteiger partial charge in [0.05, 0.1) is 0 Å². The minimum absolute atomic E-state index is 0. The van der Waals surface area contributed by atoms with Crippen molar-refractivity contribution < 1.29 is 31.1 Å². The van der Waals surface area contributed by atoms with Gasteiger partial charge in [0.25, 0.3) is 0 Å². The molecular weight excluding hydrogens is 328 g/mol. The normalized spacial score (nSPS) is 8.83. The van der Waals surface area contributed by atoms with E-state index >= 15 is 0 Å². The van der Waals surface area contributed by atoms with Crippen LogP contribution in [0.15, 0.2) is 0 Å². The minimum atomic E-state index is -0.352. The van der Waals surface area contributed by atoms with E-state index in [2.05, 4.69) is 12.2 Å². The van der Waals surface area contributed by atoms with Crippen LogP contribution in [0.3, 0.4) is 0 Å². The van der Waals surface area contributed by atoms with Crippen molar-refractivity contribution in [2.45, 2.75) is 19.3 Å². The van der Waals surface area contributed by atoms with Gasteiger partial charge in [-0.3, -0.25) is 10.0 Å². The van der Waals surface area contributed by atoms with Crippen molar-refractivity contribution in [1.29, 1.82) is 0 Å². The summed E-state index contributed by atoms with van der Waals surface area (Å²) >= 11 is 0. The Morgan fingerprint density at radius 1 is 1.50 bits per heavy atom. The van der Waals surface area contributed by atoms with E-state index in [4.69, 9.17) is 5.21 Å². The summed E-state index contributed by atoms with van der Waals surface area (Å²) in [6.45, 7) is 5.04. The fourth-order valence-corrected chi connectivity index (χ4v) is 0.631. The van der Waals surface area contributed by atoms with Gasteiger partial charge in [-0.1, -0.05) is 6.42 Å². The second kappa shape index (κ2) is 11.1. The molecule has 0 saturated carbocycles. The average Bonchev–Trinajstić information content (AvgIpc) is 2.04. The number of nitrogens with zero attached hydrogens (tertiary/aromatic N) is 1. The van der Waals surface area contributed by atoms with Crippen molar-refractivity contribution in [2.24, 2.45) is 0 Å². The molecule has 0 fully saturated rings. The molecule has 0 aliphatic carbocycles. The summed E-state index contributed by atoms with van der Waals surface area (Å²) < 4.78 is 0. The summed E-state index contributed by atoms with van der Waals surface area (Å²) in [5.74, 6) is -0.352. The summed E-state index contributed by atoms with van der Waals surface area (Å²) in [4.78, 5) is 10.4. The number of carbonyl (C=O) groups excluding carboxylic acids is 1. The van der Waals surface area contributed by atoms with Crippen LogP contribution >= 0.6 is 0 Å². The topological polar surface area (TPSA) is 63.4 Å². The van der Waals surface area contributed by atoms with Crippen molar-refractivity contribution in [3.63, 3.8) is 0 Å². The van der Waals surface area contributed by atoms with Crippen molar-refractivity contribution in [3.05, 3.63) is 12.2 Å². The maximum atomic E-state index is 10.4. The zero-order valence-corrected chi connectivity index (χ0v) is 9.89. The summed E-state index contributed by atoms with van der Waals surface area (Å²) in [6, 6.07) is 0. The molecule has 4 nitrogen and oxygen atoms in total. The number of hydrogen-bond donors (Lipinski definition) is 2. The van der Waals surface area contributed by atoms with Crippen LogP contribution in [0.5, 0.6) is 0 Å². The first-order valence-corrected chi connectivity index (χ1v) is 3.66. The molecule has 70 valence electrons. The van der Waals surface area contributed by atoms with Gasteiger partial charge in [0.2, 0.25) is 5.91 Å². The molecule has 0 aromatic carbocycles. The van der Waals surface area contributed by atoms with Gasteiger partial charge in [-0.15, -0.1) is 6.54 Å². The zero-order chi connectivity index (χ0) is 8.53. The van der Waals surface area contributed by atoms with Crippen LogP contribution in [0, 0.1) is 6.92 Å². The van der Waals surface area contributed by atoms with Gasteiger partial charge in [0, 0.05) is 6.42 Å². The number of amides is 1. The molecule has 0 aliphatic heterocycles. The Hall–Kier alpha value is 0.0783. The average molecular weight is 342 g/mol. The van der Waals surface area contributed by atoms with Crippen molar-refractivity contribution >= 4 is 5.91 Å². The van der Waals surface area contributed by atoms with Crippen molar-refractivity contribution in [1.82, 2.24) is 5.48 Å². The van der Waals surface area contributed by atoms with Crippen LogP contribution in [-0.2, 0) is 25.9 Å². The number of carbonyl (C=O) groups is 1. The van der Waals surface area contributed by atoms with Gasteiger partial charge in [-0.25, -0.2) is 11.9 Å². The Morgan fingerprint density at radius 2 is 2.17 bits per heavy atom. The van der Waals surface area contributed by atoms with E-state index in [0.29, 0.717) is 19.4 Å². The van der Waals surface area contributed by atoms with Gasteiger partial charge < -0.3 is 12.2 Å². The van der Waals surface area contributed by atoms with Crippen molar-refractivity contribution in [3.8, 4) is 0 Å². The number of rotatable bonds is 6. The molecule has 0 saturated heterocycles. The molecule has 0 heterocycles. The van der Waals surface area contributed by atoms with Crippen molar-refractivity contribution in [2.75, 3.05) is 13.1 Å². The Kier molecular flexibility index (Phi) is 13.5. The van der Waals surface area contributed by atoms with Crippen LogP contribution in [0.1, 0.15) is 19.3 Å². The summed E-state index contributed by atoms with van der Waals surface area (Å²) in [5, 5.41) is 12.2. The second-order valence-corrected chi connectivity index (χ2v) is 2.16. The smallest absolute Gasteiger partial charge is 0.664 e.